The van der Waals surface area contributed by atoms with Gasteiger partial charge in [0.25, 0.3) is 0 Å². The minimum atomic E-state index is 0.0392. The molecule has 3 heterocycles. The highest BCUT2D eigenvalue weighted by Crippen LogP contribution is 2.43. The average molecular weight is 417 g/mol. The van der Waals surface area contributed by atoms with Crippen molar-refractivity contribution in [2.24, 2.45) is 0 Å². The lowest BCUT2D eigenvalue weighted by molar-refractivity contribution is 0.193. The van der Waals surface area contributed by atoms with Gasteiger partial charge >= 0.3 is 0 Å². The van der Waals surface area contributed by atoms with Crippen molar-refractivity contribution in [3.8, 4) is 5.69 Å². The van der Waals surface area contributed by atoms with Gasteiger partial charge in [0, 0.05) is 29.3 Å². The molecule has 5 rings (SSSR count). The molecule has 0 bridgehead atoms. The molecule has 5 heteroatoms. The second-order valence-electron chi connectivity index (χ2n) is 8.40. The van der Waals surface area contributed by atoms with Crippen LogP contribution in [0.1, 0.15) is 61.3 Å². The van der Waals surface area contributed by atoms with Crippen LogP contribution in [-0.4, -0.2) is 25.6 Å². The van der Waals surface area contributed by atoms with E-state index in [4.69, 9.17) is 17.2 Å². The fourth-order valence-corrected chi connectivity index (χ4v) is 5.54. The van der Waals surface area contributed by atoms with Crippen molar-refractivity contribution in [2.75, 3.05) is 0 Å². The minimum absolute atomic E-state index is 0.0392. The predicted molar refractivity (Wildman–Crippen MR) is 125 cm³/mol. The lowest BCUT2D eigenvalue weighted by Crippen LogP contribution is -2.40. The van der Waals surface area contributed by atoms with Crippen molar-refractivity contribution in [2.45, 2.75) is 57.2 Å². The van der Waals surface area contributed by atoms with Crippen LogP contribution < -0.4 is 5.32 Å². The maximum Gasteiger partial charge on any atom is 0.170 e. The fourth-order valence-electron chi connectivity index (χ4n) is 5.15. The number of benzene rings is 1. The smallest absolute Gasteiger partial charge is 0.170 e. The van der Waals surface area contributed by atoms with Crippen LogP contribution in [0.4, 0.5) is 0 Å². The molecule has 2 aliphatic rings. The standard InChI is InChI=1S/C25H28N4S/c1-18-15-16-22(28(18)19-10-4-2-5-11-19)24-23(21-14-8-9-17-26-21)27-25(30)29(24)20-12-6-3-7-13-20/h2,4-5,8-11,14-17,20,23-24H,3,6-7,12-13H2,1H3,(H,27,30). The molecular formula is C25H28N4S. The minimum Gasteiger partial charge on any atom is -0.352 e. The lowest BCUT2D eigenvalue weighted by atomic mass is 9.92. The summed E-state index contributed by atoms with van der Waals surface area (Å²) in [6.45, 7) is 2.18. The van der Waals surface area contributed by atoms with E-state index in [-0.39, 0.29) is 12.1 Å². The summed E-state index contributed by atoms with van der Waals surface area (Å²) in [4.78, 5) is 7.19. The third-order valence-electron chi connectivity index (χ3n) is 6.53. The highest BCUT2D eigenvalue weighted by molar-refractivity contribution is 7.80. The summed E-state index contributed by atoms with van der Waals surface area (Å²) >= 11 is 5.92. The fraction of sp³-hybridized carbons (Fsp3) is 0.360. The first-order chi connectivity index (χ1) is 14.7. The van der Waals surface area contributed by atoms with Crippen LogP contribution in [0, 0.1) is 6.92 Å². The van der Waals surface area contributed by atoms with E-state index in [0.717, 1.165) is 10.8 Å². The molecule has 2 unspecified atom stereocenters. The van der Waals surface area contributed by atoms with Crippen LogP contribution in [0.3, 0.4) is 0 Å². The van der Waals surface area contributed by atoms with E-state index in [0.29, 0.717) is 6.04 Å². The number of nitrogens with zero attached hydrogens (tertiary/aromatic N) is 3. The van der Waals surface area contributed by atoms with Crippen LogP contribution >= 0.6 is 12.2 Å². The van der Waals surface area contributed by atoms with Gasteiger partial charge in [-0.25, -0.2) is 0 Å². The molecule has 1 N–H and O–H groups in total. The van der Waals surface area contributed by atoms with E-state index in [9.17, 15) is 0 Å². The Balaban J connectivity index is 1.64. The molecule has 1 aromatic carbocycles. The van der Waals surface area contributed by atoms with E-state index in [1.54, 1.807) is 0 Å². The average Bonchev–Trinajstić information content (AvgIpc) is 3.35. The van der Waals surface area contributed by atoms with Gasteiger partial charge in [0.2, 0.25) is 0 Å². The maximum absolute atomic E-state index is 5.92. The molecule has 1 aliphatic carbocycles. The zero-order valence-corrected chi connectivity index (χ0v) is 18.2. The van der Waals surface area contributed by atoms with E-state index >= 15 is 0 Å². The number of aromatic nitrogens is 2. The summed E-state index contributed by atoms with van der Waals surface area (Å²) in [5.74, 6) is 0. The molecule has 154 valence electrons. The number of hydrogen-bond acceptors (Lipinski definition) is 2. The van der Waals surface area contributed by atoms with Crippen molar-refractivity contribution in [3.05, 3.63) is 83.9 Å². The molecule has 2 atom stereocenters. The Morgan fingerprint density at radius 3 is 2.43 bits per heavy atom. The quantitative estimate of drug-likeness (QED) is 0.571. The molecule has 2 fully saturated rings. The molecule has 3 aromatic rings. The Bertz CT molecular complexity index is 1010. The summed E-state index contributed by atoms with van der Waals surface area (Å²) in [5.41, 5.74) is 4.74. The first-order valence-corrected chi connectivity index (χ1v) is 11.4. The Morgan fingerprint density at radius 2 is 1.70 bits per heavy atom. The zero-order valence-electron chi connectivity index (χ0n) is 17.4. The Hall–Kier alpha value is -2.66. The number of aryl methyl sites for hydroxylation is 1. The molecule has 0 amide bonds. The first-order valence-electron chi connectivity index (χ1n) is 11.0. The normalized spacial score (nSPS) is 22.3. The van der Waals surface area contributed by atoms with Crippen LogP contribution in [0.2, 0.25) is 0 Å². The molecule has 30 heavy (non-hydrogen) atoms. The van der Waals surface area contributed by atoms with Gasteiger partial charge in [0.05, 0.1) is 17.8 Å². The van der Waals surface area contributed by atoms with Gasteiger partial charge in [-0.3, -0.25) is 4.98 Å². The number of hydrogen-bond donors (Lipinski definition) is 1. The van der Waals surface area contributed by atoms with Gasteiger partial charge in [0.15, 0.2) is 5.11 Å². The molecule has 1 aliphatic heterocycles. The first kappa shape index (κ1) is 19.3. The monoisotopic (exact) mass is 416 g/mol. The van der Waals surface area contributed by atoms with Gasteiger partial charge in [0.1, 0.15) is 0 Å². The van der Waals surface area contributed by atoms with E-state index < -0.39 is 0 Å². The molecular weight excluding hydrogens is 388 g/mol. The van der Waals surface area contributed by atoms with Crippen LogP contribution in [0.25, 0.3) is 5.69 Å². The summed E-state index contributed by atoms with van der Waals surface area (Å²) in [6.07, 6.45) is 8.18. The predicted octanol–water partition coefficient (Wildman–Crippen LogP) is 5.49. The third-order valence-corrected chi connectivity index (χ3v) is 6.86. The SMILES string of the molecule is Cc1ccc(C2C(c3ccccn3)NC(=S)N2C2CCCCC2)n1-c1ccccc1. The van der Waals surface area contributed by atoms with E-state index in [1.807, 2.05) is 12.3 Å². The van der Waals surface area contributed by atoms with Gasteiger partial charge < -0.3 is 14.8 Å². The number of para-hydroxylation sites is 1. The Labute approximate surface area is 183 Å². The van der Waals surface area contributed by atoms with Crippen molar-refractivity contribution in [1.82, 2.24) is 19.8 Å². The van der Waals surface area contributed by atoms with Gasteiger partial charge in [-0.2, -0.15) is 0 Å². The largest absolute Gasteiger partial charge is 0.352 e. The Morgan fingerprint density at radius 1 is 0.933 bits per heavy atom. The van der Waals surface area contributed by atoms with Crippen molar-refractivity contribution in [3.63, 3.8) is 0 Å². The molecule has 2 aromatic heterocycles. The van der Waals surface area contributed by atoms with Gasteiger partial charge in [-0.1, -0.05) is 43.5 Å². The molecule has 4 nitrogen and oxygen atoms in total. The molecule has 1 saturated heterocycles. The molecule has 1 saturated carbocycles. The summed E-state index contributed by atoms with van der Waals surface area (Å²) < 4.78 is 2.38. The third kappa shape index (κ3) is 3.41. The second kappa shape index (κ2) is 8.23. The highest BCUT2D eigenvalue weighted by atomic mass is 32.1. The summed E-state index contributed by atoms with van der Waals surface area (Å²) in [6, 6.07) is 21.9. The van der Waals surface area contributed by atoms with E-state index in [2.05, 4.69) is 76.3 Å². The lowest BCUT2D eigenvalue weighted by Gasteiger charge is -2.37. The number of nitrogens with one attached hydrogen (secondary N) is 1. The number of thiocarbonyl (C=S) groups is 1. The van der Waals surface area contributed by atoms with Crippen molar-refractivity contribution < 1.29 is 0 Å². The van der Waals surface area contributed by atoms with Gasteiger partial charge in [-0.05, 0) is 68.4 Å². The second-order valence-corrected chi connectivity index (χ2v) is 8.78. The van der Waals surface area contributed by atoms with Crippen LogP contribution in [0.5, 0.6) is 0 Å². The van der Waals surface area contributed by atoms with Crippen LogP contribution in [0.15, 0.2) is 66.9 Å². The number of pyridine rings is 1. The summed E-state index contributed by atoms with van der Waals surface area (Å²) in [5, 5.41) is 4.50. The van der Waals surface area contributed by atoms with E-state index in [1.165, 1.54) is 49.2 Å². The van der Waals surface area contributed by atoms with Crippen molar-refractivity contribution in [1.29, 1.82) is 0 Å². The Kier molecular flexibility index (Phi) is 5.30. The highest BCUT2D eigenvalue weighted by Gasteiger charge is 2.44. The zero-order chi connectivity index (χ0) is 20.5. The van der Waals surface area contributed by atoms with Gasteiger partial charge in [-0.15, -0.1) is 0 Å². The number of rotatable bonds is 4. The van der Waals surface area contributed by atoms with Crippen LogP contribution in [-0.2, 0) is 0 Å². The molecule has 0 spiro atoms. The maximum atomic E-state index is 5.92. The summed E-state index contributed by atoms with van der Waals surface area (Å²) in [7, 11) is 0. The molecule has 0 radical (unpaired) electrons. The topological polar surface area (TPSA) is 33.1 Å². The van der Waals surface area contributed by atoms with Crippen molar-refractivity contribution >= 4 is 17.3 Å².